The van der Waals surface area contributed by atoms with Gasteiger partial charge in [0.15, 0.2) is 6.61 Å². The smallest absolute Gasteiger partial charge is 0.261 e. The van der Waals surface area contributed by atoms with Gasteiger partial charge in [0, 0.05) is 24.5 Å². The van der Waals surface area contributed by atoms with Gasteiger partial charge >= 0.3 is 0 Å². The average Bonchev–Trinajstić information content (AvgIpc) is 2.86. The number of benzene rings is 3. The molecule has 3 rings (SSSR count). The number of carbonyl (C=O) groups is 2. The number of rotatable bonds is 11. The second-order valence-electron chi connectivity index (χ2n) is 8.76. The second-order valence-corrected chi connectivity index (χ2v) is 9.20. The third-order valence-electron chi connectivity index (χ3n) is 5.80. The summed E-state index contributed by atoms with van der Waals surface area (Å²) in [5.74, 6) is 0.572. The molecule has 0 radical (unpaired) electrons. The molecule has 3 aromatic carbocycles. The third-order valence-corrected chi connectivity index (χ3v) is 6.05. The molecule has 35 heavy (non-hydrogen) atoms. The molecule has 6 heteroatoms. The number of ether oxygens (including phenoxy) is 1. The molecule has 0 saturated carbocycles. The van der Waals surface area contributed by atoms with E-state index in [0.29, 0.717) is 29.7 Å². The van der Waals surface area contributed by atoms with Crippen LogP contribution in [0.15, 0.2) is 78.9 Å². The Bertz CT molecular complexity index is 1080. The predicted octanol–water partition coefficient (Wildman–Crippen LogP) is 5.62. The van der Waals surface area contributed by atoms with Crippen molar-refractivity contribution in [3.8, 4) is 5.75 Å². The van der Waals surface area contributed by atoms with Crippen LogP contribution in [0, 0.1) is 0 Å². The average molecular weight is 493 g/mol. The Morgan fingerprint density at radius 1 is 0.914 bits per heavy atom. The van der Waals surface area contributed by atoms with E-state index in [1.165, 1.54) is 5.56 Å². The van der Waals surface area contributed by atoms with Crippen LogP contribution in [-0.2, 0) is 22.6 Å². The van der Waals surface area contributed by atoms with Crippen molar-refractivity contribution in [3.63, 3.8) is 0 Å². The maximum atomic E-state index is 13.5. The fourth-order valence-corrected chi connectivity index (χ4v) is 3.94. The van der Waals surface area contributed by atoms with Crippen molar-refractivity contribution in [1.82, 2.24) is 10.2 Å². The summed E-state index contributed by atoms with van der Waals surface area (Å²) in [6, 6.07) is 24.1. The molecule has 0 saturated heterocycles. The Morgan fingerprint density at radius 3 is 2.17 bits per heavy atom. The summed E-state index contributed by atoms with van der Waals surface area (Å²) in [4.78, 5) is 28.2. The number of likely N-dealkylation sites (N-methyl/N-ethyl adjacent to an activating group) is 1. The largest absolute Gasteiger partial charge is 0.484 e. The highest BCUT2D eigenvalue weighted by Crippen LogP contribution is 2.20. The minimum absolute atomic E-state index is 0.167. The van der Waals surface area contributed by atoms with Crippen molar-refractivity contribution in [2.45, 2.75) is 45.7 Å². The molecule has 1 unspecified atom stereocenters. The van der Waals surface area contributed by atoms with Gasteiger partial charge in [-0.25, -0.2) is 0 Å². The van der Waals surface area contributed by atoms with Gasteiger partial charge in [0.2, 0.25) is 5.91 Å². The second kappa shape index (κ2) is 13.0. The lowest BCUT2D eigenvalue weighted by molar-refractivity contribution is -0.142. The van der Waals surface area contributed by atoms with E-state index in [0.717, 1.165) is 11.1 Å². The molecule has 3 aromatic rings. The van der Waals surface area contributed by atoms with E-state index < -0.39 is 6.04 Å². The molecule has 0 spiro atoms. The molecular formula is C29H33ClN2O3. The first-order valence-corrected chi connectivity index (χ1v) is 12.3. The van der Waals surface area contributed by atoms with Crippen LogP contribution >= 0.6 is 11.6 Å². The molecular weight excluding hydrogens is 460 g/mol. The zero-order valence-electron chi connectivity index (χ0n) is 20.5. The lowest BCUT2D eigenvalue weighted by Crippen LogP contribution is -2.51. The Labute approximate surface area is 213 Å². The van der Waals surface area contributed by atoms with Crippen LogP contribution in [0.5, 0.6) is 5.75 Å². The number of nitrogens with zero attached hydrogens (tertiary/aromatic N) is 1. The molecule has 5 nitrogen and oxygen atoms in total. The number of nitrogens with one attached hydrogen (secondary N) is 1. The molecule has 1 atom stereocenters. The van der Waals surface area contributed by atoms with E-state index in [2.05, 4.69) is 19.2 Å². The third kappa shape index (κ3) is 7.86. The lowest BCUT2D eigenvalue weighted by atomic mass is 10.0. The van der Waals surface area contributed by atoms with Crippen LogP contribution in [0.4, 0.5) is 0 Å². The number of hydrogen-bond donors (Lipinski definition) is 1. The molecule has 0 aromatic heterocycles. The zero-order chi connectivity index (χ0) is 25.2. The van der Waals surface area contributed by atoms with Gasteiger partial charge in [-0.15, -0.1) is 0 Å². The number of amides is 2. The molecule has 1 N–H and O–H groups in total. The highest BCUT2D eigenvalue weighted by atomic mass is 35.5. The van der Waals surface area contributed by atoms with Crippen molar-refractivity contribution in [2.75, 3.05) is 13.2 Å². The number of carbonyl (C=O) groups excluding carboxylic acids is 2. The van der Waals surface area contributed by atoms with E-state index in [9.17, 15) is 9.59 Å². The molecule has 0 aliphatic heterocycles. The molecule has 0 fully saturated rings. The Balaban J connectivity index is 1.85. The molecule has 0 aliphatic carbocycles. The van der Waals surface area contributed by atoms with Crippen molar-refractivity contribution >= 4 is 23.4 Å². The molecule has 0 bridgehead atoms. The van der Waals surface area contributed by atoms with Gasteiger partial charge in [-0.2, -0.15) is 0 Å². The highest BCUT2D eigenvalue weighted by Gasteiger charge is 2.30. The van der Waals surface area contributed by atoms with Gasteiger partial charge in [-0.3, -0.25) is 9.59 Å². The molecule has 0 aliphatic rings. The van der Waals surface area contributed by atoms with Crippen LogP contribution in [0.2, 0.25) is 5.02 Å². The van der Waals surface area contributed by atoms with E-state index >= 15 is 0 Å². The summed E-state index contributed by atoms with van der Waals surface area (Å²) in [6.07, 6.45) is 0.398. The summed E-state index contributed by atoms with van der Waals surface area (Å²) >= 11 is 6.06. The van der Waals surface area contributed by atoms with E-state index in [-0.39, 0.29) is 25.0 Å². The van der Waals surface area contributed by atoms with Gasteiger partial charge in [-0.05, 0) is 53.8 Å². The standard InChI is InChI=1S/C29H33ClN2O3/c1-4-31-29(34)27(18-22-8-6-5-7-9-22)32(19-23-10-14-25(30)15-11-23)28(33)20-35-26-16-12-24(13-17-26)21(2)3/h5-17,21,27H,4,18-20H2,1-3H3,(H,31,34). The SMILES string of the molecule is CCNC(=O)C(Cc1ccccc1)N(Cc1ccc(Cl)cc1)C(=O)COc1ccc(C(C)C)cc1. The summed E-state index contributed by atoms with van der Waals surface area (Å²) in [5.41, 5.74) is 3.06. The first kappa shape index (κ1) is 26.3. The van der Waals surface area contributed by atoms with Gasteiger partial charge in [0.1, 0.15) is 11.8 Å². The van der Waals surface area contributed by atoms with Crippen LogP contribution < -0.4 is 10.1 Å². The van der Waals surface area contributed by atoms with E-state index in [1.54, 1.807) is 17.0 Å². The fourth-order valence-electron chi connectivity index (χ4n) is 3.81. The quantitative estimate of drug-likeness (QED) is 0.378. The van der Waals surface area contributed by atoms with Crippen LogP contribution in [0.3, 0.4) is 0 Å². The maximum Gasteiger partial charge on any atom is 0.261 e. The molecule has 2 amide bonds. The van der Waals surface area contributed by atoms with Crippen LogP contribution in [0.1, 0.15) is 43.4 Å². The minimum Gasteiger partial charge on any atom is -0.484 e. The first-order valence-electron chi connectivity index (χ1n) is 12.0. The molecule has 184 valence electrons. The Morgan fingerprint density at radius 2 is 1.57 bits per heavy atom. The monoisotopic (exact) mass is 492 g/mol. The summed E-state index contributed by atoms with van der Waals surface area (Å²) < 4.78 is 5.84. The summed E-state index contributed by atoms with van der Waals surface area (Å²) in [7, 11) is 0. The summed E-state index contributed by atoms with van der Waals surface area (Å²) in [5, 5.41) is 3.51. The van der Waals surface area contributed by atoms with Crippen molar-refractivity contribution in [1.29, 1.82) is 0 Å². The van der Waals surface area contributed by atoms with Crippen molar-refractivity contribution in [3.05, 3.63) is 101 Å². The highest BCUT2D eigenvalue weighted by molar-refractivity contribution is 6.30. The Kier molecular flexibility index (Phi) is 9.74. The van der Waals surface area contributed by atoms with Gasteiger partial charge in [0.25, 0.3) is 5.91 Å². The minimum atomic E-state index is -0.688. The van der Waals surface area contributed by atoms with Gasteiger partial charge < -0.3 is 15.0 Å². The molecule has 0 heterocycles. The van der Waals surface area contributed by atoms with Gasteiger partial charge in [0.05, 0.1) is 0 Å². The summed E-state index contributed by atoms with van der Waals surface area (Å²) in [6.45, 7) is 6.70. The maximum absolute atomic E-state index is 13.5. The fraction of sp³-hybridized carbons (Fsp3) is 0.310. The van der Waals surface area contributed by atoms with Crippen LogP contribution in [-0.4, -0.2) is 35.9 Å². The van der Waals surface area contributed by atoms with E-state index in [4.69, 9.17) is 16.3 Å². The lowest BCUT2D eigenvalue weighted by Gasteiger charge is -2.31. The van der Waals surface area contributed by atoms with E-state index in [1.807, 2.05) is 73.7 Å². The topological polar surface area (TPSA) is 58.6 Å². The normalized spacial score (nSPS) is 11.7. The van der Waals surface area contributed by atoms with Crippen molar-refractivity contribution < 1.29 is 14.3 Å². The number of hydrogen-bond acceptors (Lipinski definition) is 3. The predicted molar refractivity (Wildman–Crippen MR) is 141 cm³/mol. The first-order chi connectivity index (χ1) is 16.9. The Hall–Kier alpha value is -3.31. The zero-order valence-corrected chi connectivity index (χ0v) is 21.3. The van der Waals surface area contributed by atoms with Gasteiger partial charge in [-0.1, -0.05) is 80.0 Å². The number of halogens is 1. The van der Waals surface area contributed by atoms with Crippen LogP contribution in [0.25, 0.3) is 0 Å². The van der Waals surface area contributed by atoms with Crippen molar-refractivity contribution in [2.24, 2.45) is 0 Å².